The number of nitrogens with zero attached hydrogens (tertiary/aromatic N) is 1. The first-order valence-electron chi connectivity index (χ1n) is 4.00. The van der Waals surface area contributed by atoms with Crippen molar-refractivity contribution in [3.8, 4) is 0 Å². The third-order valence-electron chi connectivity index (χ3n) is 1.27. The van der Waals surface area contributed by atoms with Gasteiger partial charge in [0, 0.05) is 13.1 Å². The first kappa shape index (κ1) is 11.7. The molecular formula is C9H15NO3. The van der Waals surface area contributed by atoms with Gasteiger partial charge in [0.05, 0.1) is 6.61 Å². The zero-order chi connectivity index (χ0) is 10.1. The van der Waals surface area contributed by atoms with Gasteiger partial charge in [-0.25, -0.2) is 4.79 Å². The topological polar surface area (TPSA) is 49.8 Å². The number of aliphatic hydroxyl groups excluding tert-OH is 1. The van der Waals surface area contributed by atoms with Crippen molar-refractivity contribution in [3.05, 3.63) is 25.3 Å². The smallest absolute Gasteiger partial charge is 0.410 e. The van der Waals surface area contributed by atoms with E-state index < -0.39 is 6.09 Å². The molecule has 74 valence electrons. The maximum Gasteiger partial charge on any atom is 0.410 e. The van der Waals surface area contributed by atoms with E-state index in [1.165, 1.54) is 4.90 Å². The van der Waals surface area contributed by atoms with E-state index in [0.717, 1.165) is 0 Å². The minimum atomic E-state index is -0.464. The van der Waals surface area contributed by atoms with Gasteiger partial charge in [0.25, 0.3) is 0 Å². The predicted molar refractivity (Wildman–Crippen MR) is 50.4 cm³/mol. The maximum absolute atomic E-state index is 11.2. The second kappa shape index (κ2) is 7.36. The minimum absolute atomic E-state index is 0.0175. The zero-order valence-electron chi connectivity index (χ0n) is 7.61. The fraction of sp³-hybridized carbons (Fsp3) is 0.444. The molecule has 0 atom stereocenters. The van der Waals surface area contributed by atoms with E-state index in [9.17, 15) is 4.79 Å². The maximum atomic E-state index is 11.2. The van der Waals surface area contributed by atoms with Gasteiger partial charge in [0.2, 0.25) is 0 Å². The molecule has 0 aliphatic rings. The summed E-state index contributed by atoms with van der Waals surface area (Å²) in [7, 11) is 0. The first-order chi connectivity index (χ1) is 6.26. The van der Waals surface area contributed by atoms with Crippen LogP contribution in [0.3, 0.4) is 0 Å². The molecule has 0 aromatic rings. The lowest BCUT2D eigenvalue weighted by atomic mass is 10.5. The van der Waals surface area contributed by atoms with Gasteiger partial charge >= 0.3 is 6.09 Å². The number of carbonyl (C=O) groups excluding carboxylic acids is 1. The number of aliphatic hydroxyl groups is 1. The lowest BCUT2D eigenvalue weighted by Crippen LogP contribution is -2.32. The van der Waals surface area contributed by atoms with Crippen molar-refractivity contribution < 1.29 is 14.6 Å². The average molecular weight is 185 g/mol. The van der Waals surface area contributed by atoms with Crippen molar-refractivity contribution in [1.82, 2.24) is 4.90 Å². The Kier molecular flexibility index (Phi) is 6.63. The van der Waals surface area contributed by atoms with Crippen LogP contribution in [0.15, 0.2) is 25.3 Å². The Balaban J connectivity index is 3.93. The second-order valence-electron chi connectivity index (χ2n) is 2.32. The van der Waals surface area contributed by atoms with E-state index >= 15 is 0 Å². The quantitative estimate of drug-likeness (QED) is 0.622. The molecule has 0 rings (SSSR count). The Labute approximate surface area is 78.1 Å². The molecule has 13 heavy (non-hydrogen) atoms. The second-order valence-corrected chi connectivity index (χ2v) is 2.32. The molecule has 1 N–H and O–H groups in total. The fourth-order valence-corrected chi connectivity index (χ4v) is 0.760. The van der Waals surface area contributed by atoms with Gasteiger partial charge in [-0.1, -0.05) is 12.2 Å². The van der Waals surface area contributed by atoms with Gasteiger partial charge in [0.1, 0.15) is 6.61 Å². The molecule has 0 heterocycles. The lowest BCUT2D eigenvalue weighted by Gasteiger charge is -2.18. The molecule has 0 saturated heterocycles. The summed E-state index contributed by atoms with van der Waals surface area (Å²) in [5.41, 5.74) is 0. The fourth-order valence-electron chi connectivity index (χ4n) is 0.760. The number of hydrogen-bond donors (Lipinski definition) is 1. The highest BCUT2D eigenvalue weighted by atomic mass is 16.6. The number of carbonyl (C=O) groups is 1. The molecule has 0 spiro atoms. The molecule has 0 bridgehead atoms. The molecular weight excluding hydrogens is 170 g/mol. The number of hydrogen-bond acceptors (Lipinski definition) is 3. The predicted octanol–water partition coefficient (Wildman–Crippen LogP) is 0.789. The largest absolute Gasteiger partial charge is 0.447 e. The zero-order valence-corrected chi connectivity index (χ0v) is 7.61. The van der Waals surface area contributed by atoms with Gasteiger partial charge in [0.15, 0.2) is 0 Å². The van der Waals surface area contributed by atoms with Gasteiger partial charge in [-0.2, -0.15) is 0 Å². The van der Waals surface area contributed by atoms with Crippen molar-refractivity contribution in [1.29, 1.82) is 0 Å². The van der Waals surface area contributed by atoms with Gasteiger partial charge in [-0.3, -0.25) is 0 Å². The lowest BCUT2D eigenvalue weighted by molar-refractivity contribution is 0.0903. The van der Waals surface area contributed by atoms with Crippen LogP contribution >= 0.6 is 0 Å². The number of amides is 1. The van der Waals surface area contributed by atoms with E-state index in [1.54, 1.807) is 12.2 Å². The van der Waals surface area contributed by atoms with Crippen molar-refractivity contribution in [3.63, 3.8) is 0 Å². The molecule has 1 amide bonds. The van der Waals surface area contributed by atoms with Crippen LogP contribution in [0.2, 0.25) is 0 Å². The molecule has 0 radical (unpaired) electrons. The summed E-state index contributed by atoms with van der Waals surface area (Å²) in [5, 5.41) is 8.42. The summed E-state index contributed by atoms with van der Waals surface area (Å²) in [4.78, 5) is 12.6. The van der Waals surface area contributed by atoms with E-state index in [4.69, 9.17) is 9.84 Å². The summed E-state index contributed by atoms with van der Waals surface area (Å²) in [5.74, 6) is 0. The van der Waals surface area contributed by atoms with E-state index in [1.807, 2.05) is 0 Å². The van der Waals surface area contributed by atoms with Crippen LogP contribution in [0.5, 0.6) is 0 Å². The number of rotatable bonds is 6. The van der Waals surface area contributed by atoms with E-state index in [2.05, 4.69) is 13.2 Å². The van der Waals surface area contributed by atoms with Crippen LogP contribution in [0.25, 0.3) is 0 Å². The molecule has 4 nitrogen and oxygen atoms in total. The standard InChI is InChI=1S/C9H15NO3/c1-3-5-10(6-4-2)9(12)13-8-7-11/h3-4,11H,1-2,5-8H2. The molecule has 0 aliphatic carbocycles. The minimum Gasteiger partial charge on any atom is -0.447 e. The van der Waals surface area contributed by atoms with Crippen LogP contribution in [0.1, 0.15) is 0 Å². The van der Waals surface area contributed by atoms with Gasteiger partial charge in [-0.15, -0.1) is 13.2 Å². The van der Waals surface area contributed by atoms with Gasteiger partial charge < -0.3 is 14.7 Å². The summed E-state index contributed by atoms with van der Waals surface area (Å²) in [6, 6.07) is 0. The van der Waals surface area contributed by atoms with Crippen LogP contribution < -0.4 is 0 Å². The Bertz CT molecular complexity index is 170. The van der Waals surface area contributed by atoms with Crippen molar-refractivity contribution >= 4 is 6.09 Å². The first-order valence-corrected chi connectivity index (χ1v) is 4.00. The van der Waals surface area contributed by atoms with E-state index in [-0.39, 0.29) is 13.2 Å². The molecule has 0 saturated carbocycles. The van der Waals surface area contributed by atoms with Crippen molar-refractivity contribution in [2.24, 2.45) is 0 Å². The SMILES string of the molecule is C=CCN(CC=C)C(=O)OCCO. The Morgan fingerprint density at radius 2 is 1.92 bits per heavy atom. The normalized spacial score (nSPS) is 9.00. The molecule has 0 fully saturated rings. The summed E-state index contributed by atoms with van der Waals surface area (Å²) in [6.07, 6.45) is 2.74. The van der Waals surface area contributed by atoms with E-state index in [0.29, 0.717) is 13.1 Å². The Morgan fingerprint density at radius 3 is 2.31 bits per heavy atom. The highest BCUT2D eigenvalue weighted by molar-refractivity contribution is 5.68. The van der Waals surface area contributed by atoms with Crippen LogP contribution in [-0.4, -0.2) is 42.4 Å². The average Bonchev–Trinajstić information content (AvgIpc) is 2.14. The number of ether oxygens (including phenoxy) is 1. The molecule has 0 aromatic carbocycles. The highest BCUT2D eigenvalue weighted by Crippen LogP contribution is 1.94. The van der Waals surface area contributed by atoms with Crippen molar-refractivity contribution in [2.45, 2.75) is 0 Å². The molecule has 0 aromatic heterocycles. The third-order valence-corrected chi connectivity index (χ3v) is 1.27. The highest BCUT2D eigenvalue weighted by Gasteiger charge is 2.10. The van der Waals surface area contributed by atoms with Crippen molar-refractivity contribution in [2.75, 3.05) is 26.3 Å². The summed E-state index contributed by atoms with van der Waals surface area (Å²) < 4.78 is 4.70. The van der Waals surface area contributed by atoms with Crippen LogP contribution in [0, 0.1) is 0 Å². The Morgan fingerprint density at radius 1 is 1.38 bits per heavy atom. The molecule has 0 aliphatic heterocycles. The van der Waals surface area contributed by atoms with Gasteiger partial charge in [-0.05, 0) is 0 Å². The Hall–Kier alpha value is -1.29. The summed E-state index contributed by atoms with van der Waals surface area (Å²) >= 11 is 0. The van der Waals surface area contributed by atoms with Crippen LogP contribution in [-0.2, 0) is 4.74 Å². The molecule has 4 heteroatoms. The monoisotopic (exact) mass is 185 g/mol. The third kappa shape index (κ3) is 5.03. The van der Waals surface area contributed by atoms with Crippen LogP contribution in [0.4, 0.5) is 4.79 Å². The summed E-state index contributed by atoms with van der Waals surface area (Å²) in [6.45, 7) is 7.70. The molecule has 0 unspecified atom stereocenters.